The Morgan fingerprint density at radius 1 is 1.20 bits per heavy atom. The summed E-state index contributed by atoms with van der Waals surface area (Å²) >= 11 is 0. The van der Waals surface area contributed by atoms with Gasteiger partial charge in [-0.25, -0.2) is 0 Å². The lowest BCUT2D eigenvalue weighted by atomic mass is 9.96. The topological polar surface area (TPSA) is 77.9 Å². The second-order valence-corrected chi connectivity index (χ2v) is 7.76. The molecular formula is C13H24N2O4S. The Morgan fingerprint density at radius 2 is 1.85 bits per heavy atom. The summed E-state index contributed by atoms with van der Waals surface area (Å²) in [6, 6.07) is -0.316. The van der Waals surface area contributed by atoms with Crippen molar-refractivity contribution in [1.82, 2.24) is 8.61 Å². The Hall–Kier alpha value is -0.660. The summed E-state index contributed by atoms with van der Waals surface area (Å²) < 4.78 is 28.2. The van der Waals surface area contributed by atoms with E-state index in [1.807, 2.05) is 0 Å². The Labute approximate surface area is 120 Å². The minimum absolute atomic E-state index is 0.0693. The fraction of sp³-hybridized carbons (Fsp3) is 0.923. The molecule has 0 aromatic carbocycles. The van der Waals surface area contributed by atoms with E-state index in [9.17, 15) is 13.2 Å². The van der Waals surface area contributed by atoms with Crippen molar-refractivity contribution in [1.29, 1.82) is 0 Å². The molecule has 0 radical (unpaired) electrons. The van der Waals surface area contributed by atoms with Crippen LogP contribution in [0.5, 0.6) is 0 Å². The van der Waals surface area contributed by atoms with E-state index >= 15 is 0 Å². The van der Waals surface area contributed by atoms with Gasteiger partial charge in [0.2, 0.25) is 0 Å². The molecule has 1 saturated heterocycles. The number of aliphatic carboxylic acids is 1. The number of hydrogen-bond donors (Lipinski definition) is 1. The summed E-state index contributed by atoms with van der Waals surface area (Å²) in [6.07, 6.45) is 6.43. The molecule has 0 aromatic heterocycles. The molecule has 0 spiro atoms. The molecule has 116 valence electrons. The fourth-order valence-corrected chi connectivity index (χ4v) is 5.15. The summed E-state index contributed by atoms with van der Waals surface area (Å²) in [5.74, 6) is -0.933. The molecule has 2 rings (SSSR count). The largest absolute Gasteiger partial charge is 0.481 e. The molecule has 1 N–H and O–H groups in total. The standard InChI is InChI=1S/C13H24N2O4S/c1-14(11-6-3-2-4-7-11)20(18,19)15-9-5-8-12(15)10-13(16)17/h11-12H,2-10H2,1H3,(H,16,17). The maximum Gasteiger partial charge on any atom is 0.304 e. The highest BCUT2D eigenvalue weighted by Crippen LogP contribution is 2.29. The zero-order valence-electron chi connectivity index (χ0n) is 12.0. The van der Waals surface area contributed by atoms with E-state index in [1.165, 1.54) is 15.0 Å². The molecule has 0 amide bonds. The highest BCUT2D eigenvalue weighted by Gasteiger charge is 2.39. The second kappa shape index (κ2) is 6.41. The van der Waals surface area contributed by atoms with Gasteiger partial charge in [-0.05, 0) is 25.7 Å². The molecule has 2 fully saturated rings. The molecule has 1 atom stereocenters. The van der Waals surface area contributed by atoms with Crippen molar-refractivity contribution in [2.24, 2.45) is 0 Å². The van der Waals surface area contributed by atoms with Gasteiger partial charge >= 0.3 is 5.97 Å². The molecule has 1 heterocycles. The van der Waals surface area contributed by atoms with E-state index in [0.717, 1.165) is 32.1 Å². The van der Waals surface area contributed by atoms with Crippen LogP contribution in [0.15, 0.2) is 0 Å². The molecule has 0 bridgehead atoms. The van der Waals surface area contributed by atoms with E-state index in [1.54, 1.807) is 7.05 Å². The van der Waals surface area contributed by atoms with Crippen LogP contribution in [0.25, 0.3) is 0 Å². The van der Waals surface area contributed by atoms with Crippen molar-refractivity contribution in [3.8, 4) is 0 Å². The minimum Gasteiger partial charge on any atom is -0.481 e. The molecule has 0 aromatic rings. The van der Waals surface area contributed by atoms with E-state index in [4.69, 9.17) is 5.11 Å². The van der Waals surface area contributed by atoms with E-state index in [0.29, 0.717) is 13.0 Å². The van der Waals surface area contributed by atoms with Gasteiger partial charge in [0, 0.05) is 25.7 Å². The fourth-order valence-electron chi connectivity index (χ4n) is 3.32. The normalized spacial score (nSPS) is 26.2. The zero-order chi connectivity index (χ0) is 14.8. The summed E-state index contributed by atoms with van der Waals surface area (Å²) in [4.78, 5) is 10.9. The molecule has 1 aliphatic carbocycles. The van der Waals surface area contributed by atoms with Crippen LogP contribution in [-0.4, -0.2) is 53.8 Å². The summed E-state index contributed by atoms with van der Waals surface area (Å²) in [5, 5.41) is 8.91. The van der Waals surface area contributed by atoms with Crippen LogP contribution in [0.3, 0.4) is 0 Å². The zero-order valence-corrected chi connectivity index (χ0v) is 12.8. The van der Waals surface area contributed by atoms with Gasteiger partial charge < -0.3 is 5.11 Å². The lowest BCUT2D eigenvalue weighted by Gasteiger charge is -2.34. The highest BCUT2D eigenvalue weighted by atomic mass is 32.2. The first kappa shape index (κ1) is 15.7. The molecule has 1 unspecified atom stereocenters. The number of carboxylic acids is 1. The van der Waals surface area contributed by atoms with Crippen LogP contribution in [0.4, 0.5) is 0 Å². The van der Waals surface area contributed by atoms with Crippen molar-refractivity contribution >= 4 is 16.2 Å². The lowest BCUT2D eigenvalue weighted by Crippen LogP contribution is -2.49. The Bertz CT molecular complexity index is 445. The predicted octanol–water partition coefficient (Wildman–Crippen LogP) is 1.43. The average molecular weight is 304 g/mol. The molecular weight excluding hydrogens is 280 g/mol. The van der Waals surface area contributed by atoms with Gasteiger partial charge in [-0.1, -0.05) is 19.3 Å². The van der Waals surface area contributed by atoms with Gasteiger partial charge in [-0.15, -0.1) is 0 Å². The Morgan fingerprint density at radius 3 is 2.45 bits per heavy atom. The lowest BCUT2D eigenvalue weighted by molar-refractivity contribution is -0.137. The first-order valence-electron chi connectivity index (χ1n) is 7.39. The Kier molecular flexibility index (Phi) is 5.04. The van der Waals surface area contributed by atoms with Gasteiger partial charge in [0.15, 0.2) is 0 Å². The van der Waals surface area contributed by atoms with Gasteiger partial charge in [0.1, 0.15) is 0 Å². The minimum atomic E-state index is -3.53. The first-order valence-corrected chi connectivity index (χ1v) is 8.79. The number of rotatable bonds is 5. The maximum absolute atomic E-state index is 12.7. The third-order valence-corrected chi connectivity index (χ3v) is 6.58. The molecule has 6 nitrogen and oxygen atoms in total. The van der Waals surface area contributed by atoms with E-state index in [2.05, 4.69) is 0 Å². The molecule has 1 saturated carbocycles. The van der Waals surface area contributed by atoms with Crippen LogP contribution < -0.4 is 0 Å². The van der Waals surface area contributed by atoms with Crippen molar-refractivity contribution in [3.63, 3.8) is 0 Å². The van der Waals surface area contributed by atoms with Crippen molar-refractivity contribution < 1.29 is 18.3 Å². The average Bonchev–Trinajstić information content (AvgIpc) is 2.87. The van der Waals surface area contributed by atoms with Crippen LogP contribution in [0, 0.1) is 0 Å². The molecule has 2 aliphatic rings. The highest BCUT2D eigenvalue weighted by molar-refractivity contribution is 7.86. The molecule has 1 aliphatic heterocycles. The number of carbonyl (C=O) groups is 1. The SMILES string of the molecule is CN(C1CCCCC1)S(=O)(=O)N1CCCC1CC(=O)O. The van der Waals surface area contributed by atoms with Crippen molar-refractivity contribution in [2.45, 2.75) is 63.5 Å². The third-order valence-electron chi connectivity index (χ3n) is 4.48. The van der Waals surface area contributed by atoms with Crippen LogP contribution in [-0.2, 0) is 15.0 Å². The van der Waals surface area contributed by atoms with Gasteiger partial charge in [-0.2, -0.15) is 17.0 Å². The number of nitrogens with zero attached hydrogens (tertiary/aromatic N) is 2. The van der Waals surface area contributed by atoms with Gasteiger partial charge in [-0.3, -0.25) is 4.79 Å². The van der Waals surface area contributed by atoms with Crippen molar-refractivity contribution in [3.05, 3.63) is 0 Å². The summed E-state index contributed by atoms with van der Waals surface area (Å²) in [7, 11) is -1.89. The second-order valence-electron chi connectivity index (χ2n) is 5.82. The van der Waals surface area contributed by atoms with Crippen molar-refractivity contribution in [2.75, 3.05) is 13.6 Å². The summed E-state index contributed by atoms with van der Waals surface area (Å²) in [6.45, 7) is 0.442. The van der Waals surface area contributed by atoms with Gasteiger partial charge in [0.25, 0.3) is 10.2 Å². The number of carboxylic acid groups (broad SMARTS) is 1. The first-order chi connectivity index (χ1) is 9.43. The van der Waals surface area contributed by atoms with E-state index in [-0.39, 0.29) is 18.5 Å². The monoisotopic (exact) mass is 304 g/mol. The smallest absolute Gasteiger partial charge is 0.304 e. The van der Waals surface area contributed by atoms with Crippen LogP contribution in [0.2, 0.25) is 0 Å². The maximum atomic E-state index is 12.7. The van der Waals surface area contributed by atoms with Crippen LogP contribution in [0.1, 0.15) is 51.4 Å². The Balaban J connectivity index is 2.09. The van der Waals surface area contributed by atoms with Gasteiger partial charge in [0.05, 0.1) is 6.42 Å². The third kappa shape index (κ3) is 3.32. The summed E-state index contributed by atoms with van der Waals surface area (Å²) in [5.41, 5.74) is 0. The molecule has 7 heteroatoms. The molecule has 20 heavy (non-hydrogen) atoms. The van der Waals surface area contributed by atoms with Crippen LogP contribution >= 0.6 is 0 Å². The van der Waals surface area contributed by atoms with E-state index < -0.39 is 16.2 Å². The number of hydrogen-bond acceptors (Lipinski definition) is 3. The quantitative estimate of drug-likeness (QED) is 0.833. The predicted molar refractivity (Wildman–Crippen MR) is 75.5 cm³/mol.